The minimum absolute atomic E-state index is 0.0261. The summed E-state index contributed by atoms with van der Waals surface area (Å²) in [5, 5.41) is 2.95. The predicted molar refractivity (Wildman–Crippen MR) is 92.5 cm³/mol. The van der Waals surface area contributed by atoms with Crippen LogP contribution in [0, 0.1) is 5.82 Å². The molecule has 0 unspecified atom stereocenters. The van der Waals surface area contributed by atoms with Crippen molar-refractivity contribution in [2.24, 2.45) is 0 Å². The second kappa shape index (κ2) is 6.94. The number of hydrogen-bond donors (Lipinski definition) is 1. The summed E-state index contributed by atoms with van der Waals surface area (Å²) in [5.41, 5.74) is 2.29. The summed E-state index contributed by atoms with van der Waals surface area (Å²) in [5.74, 6) is -0.0717. The smallest absolute Gasteiger partial charge is 0.246 e. The van der Waals surface area contributed by atoms with Crippen LogP contribution in [-0.2, 0) is 16.1 Å². The summed E-state index contributed by atoms with van der Waals surface area (Å²) in [6, 6.07) is 17.0. The van der Waals surface area contributed by atoms with E-state index < -0.39 is 0 Å². The zero-order chi connectivity index (χ0) is 17.2. The normalized spacial score (nSPS) is 26.8. The van der Waals surface area contributed by atoms with Crippen LogP contribution in [0.5, 0.6) is 0 Å². The van der Waals surface area contributed by atoms with Crippen LogP contribution < -0.4 is 5.32 Å². The Kier molecular flexibility index (Phi) is 4.51. The zero-order valence-corrected chi connectivity index (χ0v) is 13.9. The van der Waals surface area contributed by atoms with Gasteiger partial charge in [-0.1, -0.05) is 42.5 Å². The second-order valence-electron chi connectivity index (χ2n) is 6.72. The summed E-state index contributed by atoms with van der Waals surface area (Å²) in [4.78, 5) is 14.1. The fraction of sp³-hybridized carbons (Fsp3) is 0.350. The van der Waals surface area contributed by atoms with E-state index in [1.807, 2.05) is 30.3 Å². The molecule has 2 fully saturated rings. The first-order valence-corrected chi connectivity index (χ1v) is 8.62. The van der Waals surface area contributed by atoms with Crippen molar-refractivity contribution in [1.82, 2.24) is 10.2 Å². The lowest BCUT2D eigenvalue weighted by atomic mass is 9.93. The molecule has 4 rings (SSSR count). The Morgan fingerprint density at radius 1 is 1.12 bits per heavy atom. The highest BCUT2D eigenvalue weighted by molar-refractivity contribution is 5.77. The molecule has 0 aliphatic carbocycles. The maximum absolute atomic E-state index is 13.2. The predicted octanol–water partition coefficient (Wildman–Crippen LogP) is 2.31. The van der Waals surface area contributed by atoms with Gasteiger partial charge in [0.15, 0.2) is 0 Å². The number of ether oxygens (including phenoxy) is 1. The first-order valence-electron chi connectivity index (χ1n) is 8.62. The van der Waals surface area contributed by atoms with E-state index in [1.165, 1.54) is 17.7 Å². The molecule has 2 aliphatic rings. The van der Waals surface area contributed by atoms with Gasteiger partial charge in [0, 0.05) is 25.6 Å². The van der Waals surface area contributed by atoms with Crippen LogP contribution >= 0.6 is 0 Å². The molecule has 2 heterocycles. The highest BCUT2D eigenvalue weighted by atomic mass is 19.1. The number of carbonyl (C=O) groups excluding carboxylic acids is 1. The first kappa shape index (κ1) is 16.2. The van der Waals surface area contributed by atoms with Gasteiger partial charge in [-0.2, -0.15) is 0 Å². The first-order chi connectivity index (χ1) is 12.2. The third-order valence-electron chi connectivity index (χ3n) is 5.12. The SMILES string of the molecule is O=C1CO[C@@H]2[C@@H](c3ccccc3)CN(Cc3ccc(F)cc3)[C@@H]2CN1. The van der Waals surface area contributed by atoms with Gasteiger partial charge >= 0.3 is 0 Å². The minimum atomic E-state index is -0.227. The number of fused-ring (bicyclic) bond motifs is 1. The quantitative estimate of drug-likeness (QED) is 0.932. The van der Waals surface area contributed by atoms with Crippen LogP contribution in [0.4, 0.5) is 4.39 Å². The van der Waals surface area contributed by atoms with Crippen LogP contribution in [0.1, 0.15) is 17.0 Å². The number of amides is 1. The van der Waals surface area contributed by atoms with Gasteiger partial charge < -0.3 is 10.1 Å². The molecule has 0 aromatic heterocycles. The lowest BCUT2D eigenvalue weighted by Gasteiger charge is -2.26. The molecule has 0 radical (unpaired) electrons. The number of halogens is 1. The number of nitrogens with one attached hydrogen (secondary N) is 1. The number of rotatable bonds is 3. The molecule has 25 heavy (non-hydrogen) atoms. The van der Waals surface area contributed by atoms with E-state index in [9.17, 15) is 9.18 Å². The summed E-state index contributed by atoms with van der Waals surface area (Å²) >= 11 is 0. The van der Waals surface area contributed by atoms with Crippen molar-refractivity contribution in [3.63, 3.8) is 0 Å². The van der Waals surface area contributed by atoms with Crippen molar-refractivity contribution in [3.8, 4) is 0 Å². The van der Waals surface area contributed by atoms with Crippen molar-refractivity contribution in [2.45, 2.75) is 24.6 Å². The third kappa shape index (κ3) is 3.43. The molecule has 0 bridgehead atoms. The second-order valence-corrected chi connectivity index (χ2v) is 6.72. The maximum atomic E-state index is 13.2. The Morgan fingerprint density at radius 2 is 1.88 bits per heavy atom. The summed E-state index contributed by atoms with van der Waals surface area (Å²) in [7, 11) is 0. The van der Waals surface area contributed by atoms with E-state index in [2.05, 4.69) is 22.3 Å². The molecule has 1 N–H and O–H groups in total. The molecule has 130 valence electrons. The summed E-state index contributed by atoms with van der Waals surface area (Å²) in [6.07, 6.45) is -0.0261. The molecule has 2 aromatic rings. The van der Waals surface area contributed by atoms with E-state index in [1.54, 1.807) is 0 Å². The monoisotopic (exact) mass is 340 g/mol. The number of carbonyl (C=O) groups is 1. The van der Waals surface area contributed by atoms with Crippen molar-refractivity contribution in [2.75, 3.05) is 19.7 Å². The van der Waals surface area contributed by atoms with E-state index in [0.29, 0.717) is 13.1 Å². The standard InChI is InChI=1S/C20H21FN2O2/c21-16-8-6-14(7-9-16)11-23-12-17(15-4-2-1-3-5-15)20-18(23)10-22-19(24)13-25-20/h1-9,17-18,20H,10-13H2,(H,22,24)/t17-,18-,20-/m1/s1. The summed E-state index contributed by atoms with van der Waals surface area (Å²) < 4.78 is 19.1. The van der Waals surface area contributed by atoms with Crippen LogP contribution in [0.15, 0.2) is 54.6 Å². The molecule has 3 atom stereocenters. The average Bonchev–Trinajstić information content (AvgIpc) is 2.86. The molecule has 2 saturated heterocycles. The molecule has 1 amide bonds. The molecular formula is C20H21FN2O2. The minimum Gasteiger partial charge on any atom is -0.366 e. The van der Waals surface area contributed by atoms with Gasteiger partial charge in [0.05, 0.1) is 12.1 Å². The maximum Gasteiger partial charge on any atom is 0.246 e. The van der Waals surface area contributed by atoms with Gasteiger partial charge in [-0.05, 0) is 23.3 Å². The molecule has 2 aliphatic heterocycles. The third-order valence-corrected chi connectivity index (χ3v) is 5.12. The van der Waals surface area contributed by atoms with Gasteiger partial charge in [0.2, 0.25) is 5.91 Å². The molecule has 2 aromatic carbocycles. The summed E-state index contributed by atoms with van der Waals surface area (Å²) in [6.45, 7) is 2.25. The van der Waals surface area contributed by atoms with Crippen molar-refractivity contribution in [3.05, 3.63) is 71.5 Å². The lowest BCUT2D eigenvalue weighted by Crippen LogP contribution is -2.42. The Morgan fingerprint density at radius 3 is 2.64 bits per heavy atom. The molecule has 0 saturated carbocycles. The van der Waals surface area contributed by atoms with Gasteiger partial charge in [0.25, 0.3) is 0 Å². The molecular weight excluding hydrogens is 319 g/mol. The molecule has 0 spiro atoms. The Bertz CT molecular complexity index is 735. The number of likely N-dealkylation sites (tertiary alicyclic amines) is 1. The van der Waals surface area contributed by atoms with Crippen molar-refractivity contribution >= 4 is 5.91 Å². The van der Waals surface area contributed by atoms with Gasteiger partial charge in [-0.25, -0.2) is 4.39 Å². The zero-order valence-electron chi connectivity index (χ0n) is 13.9. The van der Waals surface area contributed by atoms with Crippen molar-refractivity contribution in [1.29, 1.82) is 0 Å². The van der Waals surface area contributed by atoms with Crippen LogP contribution in [-0.4, -0.2) is 42.6 Å². The fourth-order valence-corrected chi connectivity index (χ4v) is 3.88. The number of benzene rings is 2. The highest BCUT2D eigenvalue weighted by Crippen LogP contribution is 2.35. The van der Waals surface area contributed by atoms with E-state index >= 15 is 0 Å². The van der Waals surface area contributed by atoms with Crippen molar-refractivity contribution < 1.29 is 13.9 Å². The average molecular weight is 340 g/mol. The van der Waals surface area contributed by atoms with E-state index in [-0.39, 0.29) is 36.4 Å². The van der Waals surface area contributed by atoms with Crippen LogP contribution in [0.25, 0.3) is 0 Å². The number of nitrogens with zero attached hydrogens (tertiary/aromatic N) is 1. The highest BCUT2D eigenvalue weighted by Gasteiger charge is 2.44. The Hall–Kier alpha value is -2.24. The van der Waals surface area contributed by atoms with Crippen LogP contribution in [0.2, 0.25) is 0 Å². The van der Waals surface area contributed by atoms with E-state index in [0.717, 1.165) is 12.1 Å². The van der Waals surface area contributed by atoms with Crippen LogP contribution in [0.3, 0.4) is 0 Å². The number of hydrogen-bond acceptors (Lipinski definition) is 3. The topological polar surface area (TPSA) is 41.6 Å². The Balaban J connectivity index is 1.60. The van der Waals surface area contributed by atoms with Gasteiger partial charge in [-0.3, -0.25) is 9.69 Å². The fourth-order valence-electron chi connectivity index (χ4n) is 3.88. The van der Waals surface area contributed by atoms with Gasteiger partial charge in [0.1, 0.15) is 12.4 Å². The molecule has 5 heteroatoms. The Labute approximate surface area is 146 Å². The molecule has 4 nitrogen and oxygen atoms in total. The van der Waals surface area contributed by atoms with E-state index in [4.69, 9.17) is 4.74 Å². The largest absolute Gasteiger partial charge is 0.366 e. The van der Waals surface area contributed by atoms with Gasteiger partial charge in [-0.15, -0.1) is 0 Å². The lowest BCUT2D eigenvalue weighted by molar-refractivity contribution is -0.125.